The summed E-state index contributed by atoms with van der Waals surface area (Å²) in [5.41, 5.74) is 7.61. The summed E-state index contributed by atoms with van der Waals surface area (Å²) in [6.07, 6.45) is 0.870. The van der Waals surface area contributed by atoms with Crippen LogP contribution in [0.3, 0.4) is 0 Å². The van der Waals surface area contributed by atoms with Gasteiger partial charge >= 0.3 is 5.97 Å². The van der Waals surface area contributed by atoms with Crippen LogP contribution in [0.1, 0.15) is 32.8 Å². The highest BCUT2D eigenvalue weighted by atomic mass is 32.1. The molecule has 0 aliphatic carbocycles. The Hall–Kier alpha value is -3.09. The van der Waals surface area contributed by atoms with Crippen LogP contribution in [-0.2, 0) is 25.6 Å². The van der Waals surface area contributed by atoms with E-state index >= 15 is 0 Å². The molecule has 0 aliphatic heterocycles. The lowest BCUT2D eigenvalue weighted by atomic mass is 10.0. The van der Waals surface area contributed by atoms with Crippen LogP contribution in [0.2, 0.25) is 0 Å². The second-order valence-corrected chi connectivity index (χ2v) is 9.53. The zero-order valence-electron chi connectivity index (χ0n) is 20.5. The highest BCUT2D eigenvalue weighted by Crippen LogP contribution is 2.19. The van der Waals surface area contributed by atoms with E-state index in [2.05, 4.69) is 33.6 Å². The maximum absolute atomic E-state index is 13.3. The highest BCUT2D eigenvalue weighted by Gasteiger charge is 2.33. The van der Waals surface area contributed by atoms with Crippen LogP contribution < -0.4 is 21.7 Å². The summed E-state index contributed by atoms with van der Waals surface area (Å²) in [4.78, 5) is 53.1. The van der Waals surface area contributed by atoms with Gasteiger partial charge in [-0.1, -0.05) is 32.0 Å². The zero-order chi connectivity index (χ0) is 27.0. The van der Waals surface area contributed by atoms with E-state index < -0.39 is 54.0 Å². The van der Waals surface area contributed by atoms with E-state index in [1.54, 1.807) is 6.20 Å². The number of nitrogens with two attached hydrogens (primary N) is 1. The third-order valence-corrected chi connectivity index (χ3v) is 6.02. The maximum atomic E-state index is 13.3. The van der Waals surface area contributed by atoms with Gasteiger partial charge in [-0.25, -0.2) is 4.79 Å². The Labute approximate surface area is 215 Å². The van der Waals surface area contributed by atoms with Gasteiger partial charge in [0.15, 0.2) is 0 Å². The predicted octanol–water partition coefficient (Wildman–Crippen LogP) is -0.0666. The number of fused-ring (bicyclic) bond motifs is 1. The van der Waals surface area contributed by atoms with Crippen LogP contribution in [0.5, 0.6) is 0 Å². The number of hydrogen-bond donors (Lipinski definition) is 8. The molecule has 1 aromatic carbocycles. The average molecular weight is 522 g/mol. The number of hydrogen-bond acceptors (Lipinski definition) is 7. The molecular formula is C24H35N5O6S. The number of thiol groups is 1. The van der Waals surface area contributed by atoms with E-state index in [4.69, 9.17) is 5.73 Å². The Bertz CT molecular complexity index is 1070. The first-order chi connectivity index (χ1) is 16.9. The second-order valence-electron chi connectivity index (χ2n) is 9.17. The van der Waals surface area contributed by atoms with Gasteiger partial charge in [0.25, 0.3) is 0 Å². The number of aromatic amines is 1. The second kappa shape index (κ2) is 13.3. The number of aromatic nitrogens is 1. The van der Waals surface area contributed by atoms with Crippen LogP contribution >= 0.6 is 12.6 Å². The third-order valence-electron chi connectivity index (χ3n) is 5.65. The van der Waals surface area contributed by atoms with Gasteiger partial charge in [0, 0.05) is 29.3 Å². The van der Waals surface area contributed by atoms with E-state index in [9.17, 15) is 29.4 Å². The molecule has 0 radical (unpaired) electrons. The van der Waals surface area contributed by atoms with E-state index in [1.165, 1.54) is 6.92 Å². The summed E-state index contributed by atoms with van der Waals surface area (Å²) >= 11 is 3.90. The Morgan fingerprint density at radius 2 is 1.64 bits per heavy atom. The van der Waals surface area contributed by atoms with Gasteiger partial charge in [-0.2, -0.15) is 12.6 Å². The minimum atomic E-state index is -1.47. The van der Waals surface area contributed by atoms with E-state index in [-0.39, 0.29) is 18.1 Å². The highest BCUT2D eigenvalue weighted by molar-refractivity contribution is 7.80. The van der Waals surface area contributed by atoms with Gasteiger partial charge in [0.1, 0.15) is 18.1 Å². The van der Waals surface area contributed by atoms with Gasteiger partial charge in [-0.3, -0.25) is 14.4 Å². The SMILES string of the molecule is CC(C)CC(N)C(=O)NC(Cc1c[nH]c2ccccc12)C(=O)NC(C(=O)NC(CS)C(=O)O)C(C)O. The first-order valence-electron chi connectivity index (χ1n) is 11.7. The number of carboxylic acids is 1. The number of amides is 3. The summed E-state index contributed by atoms with van der Waals surface area (Å²) in [5, 5.41) is 27.5. The van der Waals surface area contributed by atoms with Crippen LogP contribution in [0.4, 0.5) is 0 Å². The topological polar surface area (TPSA) is 187 Å². The molecule has 0 saturated carbocycles. The van der Waals surface area contributed by atoms with Gasteiger partial charge in [0.2, 0.25) is 17.7 Å². The number of nitrogens with one attached hydrogen (secondary N) is 4. The Kier molecular flexibility index (Phi) is 10.8. The first kappa shape index (κ1) is 29.1. The van der Waals surface area contributed by atoms with Crippen molar-refractivity contribution in [2.24, 2.45) is 11.7 Å². The van der Waals surface area contributed by atoms with Crippen molar-refractivity contribution in [1.29, 1.82) is 0 Å². The Balaban J connectivity index is 2.28. The van der Waals surface area contributed by atoms with E-state index in [1.807, 2.05) is 38.1 Å². The standard InChI is InChI=1S/C24H35N5O6S/c1-12(2)8-16(25)21(31)27-18(9-14-10-26-17-7-5-4-6-15(14)17)22(32)29-20(13(3)30)23(33)28-19(11-36)24(34)35/h4-7,10,12-13,16,18-20,26,30,36H,8-9,11,25H2,1-3H3,(H,27,31)(H,28,33)(H,29,32)(H,34,35). The number of rotatable bonds is 13. The molecule has 2 aromatic rings. The molecular weight excluding hydrogens is 486 g/mol. The molecule has 2 rings (SSSR count). The van der Waals surface area contributed by atoms with Crippen LogP contribution in [0, 0.1) is 5.92 Å². The van der Waals surface area contributed by atoms with Crippen LogP contribution in [-0.4, -0.2) is 74.9 Å². The third kappa shape index (κ3) is 7.97. The maximum Gasteiger partial charge on any atom is 0.327 e. The normalized spacial score (nSPS) is 15.5. The van der Waals surface area contributed by atoms with Crippen molar-refractivity contribution in [2.75, 3.05) is 5.75 Å². The molecule has 3 amide bonds. The number of aliphatic hydroxyl groups excluding tert-OH is 1. The molecule has 5 atom stereocenters. The lowest BCUT2D eigenvalue weighted by Crippen LogP contribution is -2.60. The van der Waals surface area contributed by atoms with E-state index in [0.717, 1.165) is 16.5 Å². The molecule has 1 aromatic heterocycles. The number of carbonyl (C=O) groups is 4. The van der Waals surface area contributed by atoms with E-state index in [0.29, 0.717) is 6.42 Å². The molecule has 5 unspecified atom stereocenters. The minimum Gasteiger partial charge on any atom is -0.480 e. The van der Waals surface area contributed by atoms with Crippen molar-refractivity contribution in [3.8, 4) is 0 Å². The van der Waals surface area contributed by atoms with Gasteiger partial charge in [-0.05, 0) is 30.9 Å². The number of H-pyrrole nitrogens is 1. The van der Waals surface area contributed by atoms with Crippen molar-refractivity contribution < 1.29 is 29.4 Å². The fourth-order valence-corrected chi connectivity index (χ4v) is 3.98. The molecule has 36 heavy (non-hydrogen) atoms. The molecule has 198 valence electrons. The Morgan fingerprint density at radius 1 is 1.00 bits per heavy atom. The smallest absolute Gasteiger partial charge is 0.327 e. The van der Waals surface area contributed by atoms with Crippen molar-refractivity contribution in [2.45, 2.75) is 63.9 Å². The molecule has 11 nitrogen and oxygen atoms in total. The molecule has 0 fully saturated rings. The van der Waals surface area contributed by atoms with Gasteiger partial charge in [0.05, 0.1) is 12.1 Å². The van der Waals surface area contributed by atoms with Crippen molar-refractivity contribution >= 4 is 47.2 Å². The molecule has 8 N–H and O–H groups in total. The van der Waals surface area contributed by atoms with Crippen molar-refractivity contribution in [3.05, 3.63) is 36.0 Å². The largest absolute Gasteiger partial charge is 0.480 e. The molecule has 0 saturated heterocycles. The lowest BCUT2D eigenvalue weighted by molar-refractivity contribution is -0.142. The number of aliphatic carboxylic acids is 1. The Morgan fingerprint density at radius 3 is 2.22 bits per heavy atom. The summed E-state index contributed by atoms with van der Waals surface area (Å²) < 4.78 is 0. The summed E-state index contributed by atoms with van der Waals surface area (Å²) in [6.45, 7) is 5.13. The van der Waals surface area contributed by atoms with Crippen molar-refractivity contribution in [3.63, 3.8) is 0 Å². The molecule has 1 heterocycles. The van der Waals surface area contributed by atoms with Gasteiger partial charge < -0.3 is 36.9 Å². The molecule has 0 spiro atoms. The minimum absolute atomic E-state index is 0.0819. The predicted molar refractivity (Wildman–Crippen MR) is 138 cm³/mol. The summed E-state index contributed by atoms with van der Waals surface area (Å²) in [5.74, 6) is -3.49. The fourth-order valence-electron chi connectivity index (χ4n) is 3.73. The first-order valence-corrected chi connectivity index (χ1v) is 12.3. The number of carboxylic acid groups (broad SMARTS) is 1. The number of aliphatic hydroxyl groups is 1. The average Bonchev–Trinajstić information content (AvgIpc) is 3.22. The monoisotopic (exact) mass is 521 g/mol. The summed E-state index contributed by atoms with van der Waals surface area (Å²) in [7, 11) is 0. The van der Waals surface area contributed by atoms with Gasteiger partial charge in [-0.15, -0.1) is 0 Å². The number of benzene rings is 1. The van der Waals surface area contributed by atoms with Crippen molar-refractivity contribution in [1.82, 2.24) is 20.9 Å². The molecule has 0 aliphatic rings. The van der Waals surface area contributed by atoms with Crippen LogP contribution in [0.25, 0.3) is 10.9 Å². The number of para-hydroxylation sites is 1. The molecule has 12 heteroatoms. The van der Waals surface area contributed by atoms with Crippen LogP contribution in [0.15, 0.2) is 30.5 Å². The lowest BCUT2D eigenvalue weighted by Gasteiger charge is -2.26. The zero-order valence-corrected chi connectivity index (χ0v) is 21.4. The quantitative estimate of drug-likeness (QED) is 0.169. The summed E-state index contributed by atoms with van der Waals surface area (Å²) in [6, 6.07) is 2.72. The molecule has 0 bridgehead atoms. The number of carbonyl (C=O) groups excluding carboxylic acids is 3. The fraction of sp³-hybridized carbons (Fsp3) is 0.500.